The van der Waals surface area contributed by atoms with E-state index in [9.17, 15) is 4.79 Å². The molecule has 2 heterocycles. The number of hydrogen-bond donors (Lipinski definition) is 1. The predicted molar refractivity (Wildman–Crippen MR) is 122 cm³/mol. The summed E-state index contributed by atoms with van der Waals surface area (Å²) in [7, 11) is 1.60. The zero-order valence-corrected chi connectivity index (χ0v) is 18.4. The zero-order valence-electron chi connectivity index (χ0n) is 17.6. The van der Waals surface area contributed by atoms with Gasteiger partial charge in [-0.1, -0.05) is 54.2 Å². The molecule has 1 amide bonds. The third-order valence-corrected chi connectivity index (χ3v) is 6.60. The fourth-order valence-electron chi connectivity index (χ4n) is 3.94. The van der Waals surface area contributed by atoms with Crippen LogP contribution in [0.25, 0.3) is 11.4 Å². The highest BCUT2D eigenvalue weighted by Gasteiger charge is 2.24. The van der Waals surface area contributed by atoms with Gasteiger partial charge in [-0.15, -0.1) is 10.2 Å². The highest BCUT2D eigenvalue weighted by atomic mass is 32.2. The highest BCUT2D eigenvalue weighted by molar-refractivity contribution is 7.99. The van der Waals surface area contributed by atoms with Gasteiger partial charge in [0.25, 0.3) is 0 Å². The first-order chi connectivity index (χ1) is 15.2. The average molecular weight is 438 g/mol. The van der Waals surface area contributed by atoms with Crippen LogP contribution >= 0.6 is 11.8 Å². The number of ether oxygens (including phenoxy) is 1. The van der Waals surface area contributed by atoms with Crippen LogP contribution in [0.4, 0.5) is 0 Å². The Morgan fingerprint density at radius 2 is 1.81 bits per heavy atom. The molecule has 31 heavy (non-hydrogen) atoms. The maximum Gasteiger partial charge on any atom is 0.233 e. The molecule has 0 spiro atoms. The van der Waals surface area contributed by atoms with Crippen molar-refractivity contribution < 1.29 is 9.53 Å². The van der Waals surface area contributed by atoms with Crippen molar-refractivity contribution in [2.24, 2.45) is 5.92 Å². The van der Waals surface area contributed by atoms with E-state index in [0.717, 1.165) is 37.9 Å². The molecular weight excluding hydrogens is 410 g/mol. The van der Waals surface area contributed by atoms with Crippen LogP contribution in [0.5, 0.6) is 5.75 Å². The lowest BCUT2D eigenvalue weighted by atomic mass is 9.90. The van der Waals surface area contributed by atoms with E-state index in [1.54, 1.807) is 7.11 Å². The second-order valence-corrected chi connectivity index (χ2v) is 8.62. The van der Waals surface area contributed by atoms with Crippen LogP contribution < -0.4 is 10.6 Å². The maximum absolute atomic E-state index is 12.7. The Bertz CT molecular complexity index is 1020. The summed E-state index contributed by atoms with van der Waals surface area (Å²) in [5.41, 5.74) is 2.13. The van der Waals surface area contributed by atoms with Crippen molar-refractivity contribution in [3.8, 4) is 17.1 Å². The van der Waals surface area contributed by atoms with E-state index in [4.69, 9.17) is 10.6 Å². The average Bonchev–Trinajstić information content (AvgIpc) is 3.18. The first-order valence-electron chi connectivity index (χ1n) is 10.4. The number of thioether (sulfide) groups is 1. The number of likely N-dealkylation sites (tertiary alicyclic amines) is 1. The van der Waals surface area contributed by atoms with Gasteiger partial charge in [-0.3, -0.25) is 4.79 Å². The van der Waals surface area contributed by atoms with Gasteiger partial charge in [-0.25, -0.2) is 4.68 Å². The fraction of sp³-hybridized carbons (Fsp3) is 0.348. The predicted octanol–water partition coefficient (Wildman–Crippen LogP) is 3.24. The summed E-state index contributed by atoms with van der Waals surface area (Å²) in [5, 5.41) is 8.87. The molecule has 8 heteroatoms. The first kappa shape index (κ1) is 21.2. The third-order valence-electron chi connectivity index (χ3n) is 5.67. The molecule has 4 rings (SSSR count). The van der Waals surface area contributed by atoms with E-state index in [1.165, 1.54) is 22.0 Å². The number of piperidine rings is 1. The number of rotatable bonds is 7. The number of benzene rings is 2. The summed E-state index contributed by atoms with van der Waals surface area (Å²) >= 11 is 1.31. The third kappa shape index (κ3) is 5.02. The van der Waals surface area contributed by atoms with Crippen molar-refractivity contribution in [3.05, 3.63) is 60.2 Å². The van der Waals surface area contributed by atoms with Gasteiger partial charge in [0.2, 0.25) is 11.1 Å². The standard InChI is InChI=1S/C23H27N5O2S/c1-30-20-10-6-5-9-19(20)22-25-26-23(28(22)24)31-16-21(29)27-13-11-18(12-14-27)15-17-7-3-2-4-8-17/h2-10,18H,11-16,24H2,1H3. The summed E-state index contributed by atoms with van der Waals surface area (Å²) in [6, 6.07) is 18.1. The van der Waals surface area contributed by atoms with Crippen molar-refractivity contribution in [2.45, 2.75) is 24.4 Å². The summed E-state index contributed by atoms with van der Waals surface area (Å²) in [6.45, 7) is 1.61. The van der Waals surface area contributed by atoms with E-state index in [0.29, 0.717) is 28.4 Å². The lowest BCUT2D eigenvalue weighted by molar-refractivity contribution is -0.129. The van der Waals surface area contributed by atoms with Gasteiger partial charge in [-0.2, -0.15) is 0 Å². The largest absolute Gasteiger partial charge is 0.496 e. The molecule has 0 unspecified atom stereocenters. The zero-order chi connectivity index (χ0) is 21.6. The Balaban J connectivity index is 1.30. The molecule has 162 valence electrons. The summed E-state index contributed by atoms with van der Waals surface area (Å²) in [5.74, 6) is 8.43. The first-order valence-corrected chi connectivity index (χ1v) is 11.4. The van der Waals surface area contributed by atoms with Crippen LogP contribution in [0.3, 0.4) is 0 Å². The number of para-hydroxylation sites is 1. The van der Waals surface area contributed by atoms with Crippen LogP contribution in [0.15, 0.2) is 59.8 Å². The molecule has 1 aliphatic rings. The molecule has 0 radical (unpaired) electrons. The number of nitrogen functional groups attached to an aromatic ring is 1. The van der Waals surface area contributed by atoms with Crippen LogP contribution in [0, 0.1) is 5.92 Å². The Labute approximate surface area is 186 Å². The number of amides is 1. The number of methoxy groups -OCH3 is 1. The van der Waals surface area contributed by atoms with E-state index in [-0.39, 0.29) is 5.91 Å². The van der Waals surface area contributed by atoms with Gasteiger partial charge in [0, 0.05) is 13.1 Å². The van der Waals surface area contributed by atoms with Crippen LogP contribution in [0.1, 0.15) is 18.4 Å². The Morgan fingerprint density at radius 1 is 1.10 bits per heavy atom. The summed E-state index contributed by atoms with van der Waals surface area (Å²) in [4.78, 5) is 14.7. The van der Waals surface area contributed by atoms with E-state index in [2.05, 4.69) is 34.5 Å². The second kappa shape index (κ2) is 9.87. The molecule has 1 aromatic heterocycles. The SMILES string of the molecule is COc1ccccc1-c1nnc(SCC(=O)N2CCC(Cc3ccccc3)CC2)n1N. The van der Waals surface area contributed by atoms with Gasteiger partial charge in [0.15, 0.2) is 5.82 Å². The monoisotopic (exact) mass is 437 g/mol. The van der Waals surface area contributed by atoms with Gasteiger partial charge >= 0.3 is 0 Å². The second-order valence-electron chi connectivity index (χ2n) is 7.68. The van der Waals surface area contributed by atoms with Crippen molar-refractivity contribution in [1.82, 2.24) is 19.8 Å². The minimum absolute atomic E-state index is 0.116. The van der Waals surface area contributed by atoms with Gasteiger partial charge in [0.1, 0.15) is 5.75 Å². The molecule has 0 bridgehead atoms. The minimum atomic E-state index is 0.116. The van der Waals surface area contributed by atoms with E-state index < -0.39 is 0 Å². The van der Waals surface area contributed by atoms with Crippen molar-refractivity contribution in [2.75, 3.05) is 31.8 Å². The van der Waals surface area contributed by atoms with E-state index >= 15 is 0 Å². The van der Waals surface area contributed by atoms with Gasteiger partial charge in [-0.05, 0) is 42.9 Å². The Morgan fingerprint density at radius 3 is 2.55 bits per heavy atom. The molecule has 1 aliphatic heterocycles. The van der Waals surface area contributed by atoms with Crippen LogP contribution in [-0.4, -0.2) is 51.6 Å². The molecule has 2 N–H and O–H groups in total. The molecular formula is C23H27N5O2S. The number of aromatic nitrogens is 3. The number of carbonyl (C=O) groups excluding carboxylic acids is 1. The summed E-state index contributed by atoms with van der Waals surface area (Å²) < 4.78 is 6.80. The van der Waals surface area contributed by atoms with Gasteiger partial charge < -0.3 is 15.5 Å². The number of hydrogen-bond acceptors (Lipinski definition) is 6. The minimum Gasteiger partial charge on any atom is -0.496 e. The van der Waals surface area contributed by atoms with Crippen molar-refractivity contribution >= 4 is 17.7 Å². The van der Waals surface area contributed by atoms with Crippen LogP contribution in [-0.2, 0) is 11.2 Å². The summed E-state index contributed by atoms with van der Waals surface area (Å²) in [6.07, 6.45) is 3.16. The number of carbonyl (C=O) groups is 1. The lowest BCUT2D eigenvalue weighted by Crippen LogP contribution is -2.39. The van der Waals surface area contributed by atoms with Gasteiger partial charge in [0.05, 0.1) is 18.4 Å². The molecule has 3 aromatic rings. The topological polar surface area (TPSA) is 86.3 Å². The maximum atomic E-state index is 12.7. The molecule has 2 aromatic carbocycles. The van der Waals surface area contributed by atoms with Crippen molar-refractivity contribution in [1.29, 1.82) is 0 Å². The fourth-order valence-corrected chi connectivity index (χ4v) is 4.70. The molecule has 0 aliphatic carbocycles. The lowest BCUT2D eigenvalue weighted by Gasteiger charge is -2.32. The molecule has 0 atom stereocenters. The smallest absolute Gasteiger partial charge is 0.233 e. The highest BCUT2D eigenvalue weighted by Crippen LogP contribution is 2.29. The Hall–Kier alpha value is -3.00. The Kier molecular flexibility index (Phi) is 6.76. The normalized spacial score (nSPS) is 14.5. The quantitative estimate of drug-likeness (QED) is 0.451. The van der Waals surface area contributed by atoms with E-state index in [1.807, 2.05) is 35.2 Å². The molecule has 7 nitrogen and oxygen atoms in total. The van der Waals surface area contributed by atoms with Crippen molar-refractivity contribution in [3.63, 3.8) is 0 Å². The molecule has 1 saturated heterocycles. The molecule has 0 saturated carbocycles. The molecule has 1 fully saturated rings. The number of nitrogens with two attached hydrogens (primary N) is 1. The van der Waals surface area contributed by atoms with Crippen LogP contribution in [0.2, 0.25) is 0 Å². The number of nitrogens with zero attached hydrogens (tertiary/aromatic N) is 4.